The maximum atomic E-state index is 13.3. The highest BCUT2D eigenvalue weighted by atomic mass is 35.5. The van der Waals surface area contributed by atoms with Gasteiger partial charge in [0.2, 0.25) is 5.91 Å². The minimum absolute atomic E-state index is 0.164. The second kappa shape index (κ2) is 6.13. The maximum absolute atomic E-state index is 13.3. The van der Waals surface area contributed by atoms with Gasteiger partial charge in [-0.25, -0.2) is 9.19 Å². The van der Waals surface area contributed by atoms with E-state index in [0.29, 0.717) is 32.0 Å². The second-order valence-electron chi connectivity index (χ2n) is 5.72. The van der Waals surface area contributed by atoms with Crippen LogP contribution < -0.4 is 4.90 Å². The Hall–Kier alpha value is -2.44. The summed E-state index contributed by atoms with van der Waals surface area (Å²) in [5, 5.41) is 0.485. The number of hydrogen-bond acceptors (Lipinski definition) is 3. The lowest BCUT2D eigenvalue weighted by atomic mass is 10.1. The van der Waals surface area contributed by atoms with Gasteiger partial charge in [-0.3, -0.25) is 9.69 Å². The number of H-pyrrole nitrogens is 1. The van der Waals surface area contributed by atoms with Gasteiger partial charge in [0.25, 0.3) is 0 Å². The lowest BCUT2D eigenvalue weighted by Gasteiger charge is -2.32. The Labute approximate surface area is 152 Å². The number of aromatic nitrogens is 2. The molecule has 1 aliphatic heterocycles. The van der Waals surface area contributed by atoms with Crippen molar-refractivity contribution in [1.82, 2.24) is 9.97 Å². The van der Waals surface area contributed by atoms with Gasteiger partial charge in [-0.15, -0.1) is 0 Å². The summed E-state index contributed by atoms with van der Waals surface area (Å²) < 4.78 is 12.9. The zero-order valence-corrected chi connectivity index (χ0v) is 14.8. The van der Waals surface area contributed by atoms with Crippen LogP contribution in [0.15, 0.2) is 64.6 Å². The summed E-state index contributed by atoms with van der Waals surface area (Å²) in [5.74, 6) is -0.0678. The van der Waals surface area contributed by atoms with Crippen molar-refractivity contribution in [3.8, 4) is 0 Å². The first-order chi connectivity index (χ1) is 12.1. The SMILES string of the molecule is CC(C(=O)N1c2ccccc2S(=O)c2ccc(Cl)cc21)c1ncc[nH]1. The molecule has 5 nitrogen and oxygen atoms in total. The number of halogens is 1. The molecule has 0 saturated heterocycles. The van der Waals surface area contributed by atoms with Gasteiger partial charge in [-0.1, -0.05) is 23.7 Å². The van der Waals surface area contributed by atoms with Crippen LogP contribution in [0, 0.1) is 0 Å². The van der Waals surface area contributed by atoms with E-state index in [2.05, 4.69) is 9.97 Å². The fourth-order valence-corrected chi connectivity index (χ4v) is 4.42. The number of amides is 1. The molecule has 1 aromatic heterocycles. The molecule has 1 N–H and O–H groups in total. The number of benzene rings is 2. The van der Waals surface area contributed by atoms with E-state index in [0.717, 1.165) is 0 Å². The van der Waals surface area contributed by atoms with Gasteiger partial charge < -0.3 is 4.98 Å². The summed E-state index contributed by atoms with van der Waals surface area (Å²) in [5.41, 5.74) is 1.16. The van der Waals surface area contributed by atoms with Crippen LogP contribution in [-0.2, 0) is 15.6 Å². The molecular weight excluding hydrogens is 358 g/mol. The molecule has 0 spiro atoms. The fraction of sp³-hybridized carbons (Fsp3) is 0.111. The molecule has 0 bridgehead atoms. The summed E-state index contributed by atoms with van der Waals surface area (Å²) in [6.45, 7) is 1.79. The Kier molecular flexibility index (Phi) is 3.94. The average Bonchev–Trinajstić information content (AvgIpc) is 3.15. The van der Waals surface area contributed by atoms with Crippen molar-refractivity contribution < 1.29 is 9.00 Å². The summed E-state index contributed by atoms with van der Waals surface area (Å²) in [6.07, 6.45) is 3.30. The van der Waals surface area contributed by atoms with Crippen LogP contribution in [0.2, 0.25) is 5.02 Å². The standard InChI is InChI=1S/C18H14ClN3O2S/c1-11(17-20-8-9-21-17)18(23)22-13-4-2-3-5-15(13)25(24)16-7-6-12(19)10-14(16)22/h2-11H,1H3,(H,20,21). The monoisotopic (exact) mass is 371 g/mol. The van der Waals surface area contributed by atoms with Crippen LogP contribution in [-0.4, -0.2) is 20.1 Å². The predicted molar refractivity (Wildman–Crippen MR) is 96.7 cm³/mol. The summed E-state index contributed by atoms with van der Waals surface area (Å²) in [4.78, 5) is 23.2. The molecule has 0 saturated carbocycles. The van der Waals surface area contributed by atoms with E-state index >= 15 is 0 Å². The molecule has 2 heterocycles. The summed E-state index contributed by atoms with van der Waals surface area (Å²) in [7, 11) is -1.36. The molecule has 25 heavy (non-hydrogen) atoms. The van der Waals surface area contributed by atoms with Crippen molar-refractivity contribution in [2.24, 2.45) is 0 Å². The van der Waals surface area contributed by atoms with Crippen molar-refractivity contribution in [2.45, 2.75) is 22.6 Å². The quantitative estimate of drug-likeness (QED) is 0.740. The van der Waals surface area contributed by atoms with Gasteiger partial charge in [-0.05, 0) is 37.3 Å². The molecule has 0 aliphatic carbocycles. The van der Waals surface area contributed by atoms with Crippen molar-refractivity contribution in [1.29, 1.82) is 0 Å². The molecule has 7 heteroatoms. The van der Waals surface area contributed by atoms with Crippen LogP contribution in [0.3, 0.4) is 0 Å². The maximum Gasteiger partial charge on any atom is 0.242 e. The topological polar surface area (TPSA) is 66.1 Å². The first kappa shape index (κ1) is 16.1. The lowest BCUT2D eigenvalue weighted by molar-refractivity contribution is -0.119. The number of hydrogen-bond donors (Lipinski definition) is 1. The minimum atomic E-state index is -1.36. The van der Waals surface area contributed by atoms with E-state index in [1.807, 2.05) is 12.1 Å². The molecular formula is C18H14ClN3O2S. The lowest BCUT2D eigenvalue weighted by Crippen LogP contribution is -2.34. The zero-order chi connectivity index (χ0) is 17.6. The molecule has 0 fully saturated rings. The van der Waals surface area contributed by atoms with E-state index < -0.39 is 16.7 Å². The van der Waals surface area contributed by atoms with Crippen LogP contribution in [0.1, 0.15) is 18.7 Å². The smallest absolute Gasteiger partial charge is 0.242 e. The van der Waals surface area contributed by atoms with E-state index in [-0.39, 0.29) is 5.91 Å². The van der Waals surface area contributed by atoms with Crippen molar-refractivity contribution in [3.63, 3.8) is 0 Å². The average molecular weight is 372 g/mol. The zero-order valence-electron chi connectivity index (χ0n) is 13.3. The van der Waals surface area contributed by atoms with Gasteiger partial charge in [0.15, 0.2) is 0 Å². The molecule has 0 radical (unpaired) electrons. The molecule has 1 amide bonds. The van der Waals surface area contributed by atoms with Crippen LogP contribution in [0.4, 0.5) is 11.4 Å². The van der Waals surface area contributed by atoms with Gasteiger partial charge in [0, 0.05) is 17.4 Å². The molecule has 2 aromatic carbocycles. The Morgan fingerprint density at radius 3 is 2.72 bits per heavy atom. The van der Waals surface area contributed by atoms with Gasteiger partial charge >= 0.3 is 0 Å². The highest BCUT2D eigenvalue weighted by Crippen LogP contribution is 2.44. The molecule has 4 rings (SSSR count). The largest absolute Gasteiger partial charge is 0.348 e. The number of anilines is 2. The Morgan fingerprint density at radius 2 is 1.96 bits per heavy atom. The number of fused-ring (bicyclic) bond motifs is 2. The van der Waals surface area contributed by atoms with Crippen LogP contribution >= 0.6 is 11.6 Å². The van der Waals surface area contributed by atoms with Crippen molar-refractivity contribution in [3.05, 3.63) is 65.7 Å². The van der Waals surface area contributed by atoms with E-state index in [1.165, 1.54) is 0 Å². The molecule has 2 atom stereocenters. The third-order valence-electron chi connectivity index (χ3n) is 4.19. The van der Waals surface area contributed by atoms with Gasteiger partial charge in [0.05, 0.1) is 37.9 Å². The Balaban J connectivity index is 1.90. The summed E-state index contributed by atoms with van der Waals surface area (Å²) >= 11 is 6.15. The van der Waals surface area contributed by atoms with Crippen LogP contribution in [0.5, 0.6) is 0 Å². The number of carbonyl (C=O) groups excluding carboxylic acids is 1. The Morgan fingerprint density at radius 1 is 1.20 bits per heavy atom. The third kappa shape index (κ3) is 2.58. The number of nitrogens with zero attached hydrogens (tertiary/aromatic N) is 2. The number of para-hydroxylation sites is 1. The fourth-order valence-electron chi connectivity index (χ4n) is 2.93. The first-order valence-electron chi connectivity index (χ1n) is 7.71. The number of aromatic amines is 1. The predicted octanol–water partition coefficient (Wildman–Crippen LogP) is 4.01. The Bertz CT molecular complexity index is 988. The van der Waals surface area contributed by atoms with Gasteiger partial charge in [0.1, 0.15) is 5.82 Å². The highest BCUT2D eigenvalue weighted by Gasteiger charge is 2.35. The normalized spacial score (nSPS) is 16.9. The van der Waals surface area contributed by atoms with Crippen molar-refractivity contribution >= 4 is 39.7 Å². The van der Waals surface area contributed by atoms with E-state index in [1.54, 1.807) is 54.5 Å². The van der Waals surface area contributed by atoms with Crippen molar-refractivity contribution in [2.75, 3.05) is 4.90 Å². The molecule has 2 unspecified atom stereocenters. The molecule has 3 aromatic rings. The molecule has 126 valence electrons. The molecule has 1 aliphatic rings. The highest BCUT2D eigenvalue weighted by molar-refractivity contribution is 7.85. The van der Waals surface area contributed by atoms with E-state index in [9.17, 15) is 9.00 Å². The number of rotatable bonds is 2. The van der Waals surface area contributed by atoms with Gasteiger partial charge in [-0.2, -0.15) is 0 Å². The van der Waals surface area contributed by atoms with Crippen LogP contribution in [0.25, 0.3) is 0 Å². The first-order valence-corrected chi connectivity index (χ1v) is 9.24. The van der Waals surface area contributed by atoms with E-state index in [4.69, 9.17) is 11.6 Å². The third-order valence-corrected chi connectivity index (χ3v) is 5.91. The summed E-state index contributed by atoms with van der Waals surface area (Å²) in [6, 6.07) is 12.3. The number of imidazole rings is 1. The number of nitrogens with one attached hydrogen (secondary N) is 1. The minimum Gasteiger partial charge on any atom is -0.348 e. The number of carbonyl (C=O) groups is 1. The second-order valence-corrected chi connectivity index (χ2v) is 7.57.